The van der Waals surface area contributed by atoms with Crippen molar-refractivity contribution in [3.63, 3.8) is 0 Å². The van der Waals surface area contributed by atoms with E-state index in [0.29, 0.717) is 6.61 Å². The molecule has 0 radical (unpaired) electrons. The first-order valence-corrected chi connectivity index (χ1v) is 6.41. The van der Waals surface area contributed by atoms with E-state index in [1.807, 2.05) is 31.2 Å². The zero-order valence-corrected chi connectivity index (χ0v) is 12.3. The molecule has 0 aliphatic carbocycles. The zero-order valence-electron chi connectivity index (χ0n) is 7.56. The lowest BCUT2D eigenvalue weighted by Crippen LogP contribution is -1.95. The second-order valence-electron chi connectivity index (χ2n) is 2.58. The molecular formula is C10H9Br3O. The molecule has 1 aromatic rings. The molecule has 0 bridgehead atoms. The molecule has 0 atom stereocenters. The molecule has 0 unspecified atom stereocenters. The third-order valence-corrected chi connectivity index (χ3v) is 3.16. The van der Waals surface area contributed by atoms with Gasteiger partial charge in [0.05, 0.1) is 8.95 Å². The Morgan fingerprint density at radius 1 is 1.21 bits per heavy atom. The summed E-state index contributed by atoms with van der Waals surface area (Å²) in [6, 6.07) is 3.91. The number of halogens is 3. The Kier molecular flexibility index (Phi) is 5.20. The van der Waals surface area contributed by atoms with Gasteiger partial charge in [0.2, 0.25) is 0 Å². The molecule has 14 heavy (non-hydrogen) atoms. The van der Waals surface area contributed by atoms with Gasteiger partial charge in [-0.3, -0.25) is 0 Å². The summed E-state index contributed by atoms with van der Waals surface area (Å²) in [5.41, 5.74) is 0. The van der Waals surface area contributed by atoms with Gasteiger partial charge in [0.25, 0.3) is 0 Å². The molecule has 76 valence electrons. The number of benzene rings is 1. The topological polar surface area (TPSA) is 9.23 Å². The highest BCUT2D eigenvalue weighted by atomic mass is 79.9. The Labute approximate surface area is 109 Å². The Bertz CT molecular complexity index is 324. The third-order valence-electron chi connectivity index (χ3n) is 1.52. The fourth-order valence-electron chi connectivity index (χ4n) is 0.895. The summed E-state index contributed by atoms with van der Waals surface area (Å²) in [6.45, 7) is 2.55. The predicted octanol–water partition coefficient (Wildman–Crippen LogP) is 4.93. The highest BCUT2D eigenvalue weighted by Gasteiger charge is 2.06. The summed E-state index contributed by atoms with van der Waals surface area (Å²) in [5.74, 6) is 0.825. The highest BCUT2D eigenvalue weighted by molar-refractivity contribution is 9.11. The van der Waals surface area contributed by atoms with Crippen molar-refractivity contribution in [2.24, 2.45) is 0 Å². The molecule has 1 nitrogen and oxygen atoms in total. The minimum atomic E-state index is 0.579. The van der Waals surface area contributed by atoms with Crippen LogP contribution < -0.4 is 4.74 Å². The average Bonchev–Trinajstić information content (AvgIpc) is 2.09. The van der Waals surface area contributed by atoms with E-state index in [2.05, 4.69) is 47.8 Å². The van der Waals surface area contributed by atoms with Crippen LogP contribution in [0.15, 0.2) is 37.7 Å². The first-order chi connectivity index (χ1) is 6.65. The molecule has 4 heteroatoms. The van der Waals surface area contributed by atoms with Crippen molar-refractivity contribution in [3.05, 3.63) is 37.7 Å². The molecule has 0 saturated heterocycles. The summed E-state index contributed by atoms with van der Waals surface area (Å²) >= 11 is 10.3. The van der Waals surface area contributed by atoms with Crippen LogP contribution >= 0.6 is 47.8 Å². The smallest absolute Gasteiger partial charge is 0.148 e. The van der Waals surface area contributed by atoms with E-state index < -0.39 is 0 Å². The molecule has 1 aromatic carbocycles. The lowest BCUT2D eigenvalue weighted by atomic mass is 10.3. The molecule has 1 rings (SSSR count). The molecule has 0 heterocycles. The maximum atomic E-state index is 5.56. The highest BCUT2D eigenvalue weighted by Crippen LogP contribution is 2.36. The van der Waals surface area contributed by atoms with Crippen molar-refractivity contribution >= 4 is 47.8 Å². The van der Waals surface area contributed by atoms with E-state index >= 15 is 0 Å². The molecule has 0 aliphatic heterocycles. The second-order valence-corrected chi connectivity index (χ2v) is 5.20. The monoisotopic (exact) mass is 382 g/mol. The Morgan fingerprint density at radius 3 is 2.29 bits per heavy atom. The minimum Gasteiger partial charge on any atom is -0.487 e. The van der Waals surface area contributed by atoms with Crippen LogP contribution in [0.1, 0.15) is 6.92 Å². The predicted molar refractivity (Wildman–Crippen MR) is 69.9 cm³/mol. The van der Waals surface area contributed by atoms with Gasteiger partial charge in [0.1, 0.15) is 12.4 Å². The summed E-state index contributed by atoms with van der Waals surface area (Å²) in [7, 11) is 0. The minimum absolute atomic E-state index is 0.579. The van der Waals surface area contributed by atoms with E-state index in [1.54, 1.807) is 0 Å². The van der Waals surface area contributed by atoms with Gasteiger partial charge in [-0.15, -0.1) is 0 Å². The maximum Gasteiger partial charge on any atom is 0.148 e. The molecule has 0 aliphatic rings. The first kappa shape index (κ1) is 12.3. The largest absolute Gasteiger partial charge is 0.487 e. The van der Waals surface area contributed by atoms with Gasteiger partial charge in [-0.25, -0.2) is 0 Å². The van der Waals surface area contributed by atoms with E-state index in [0.717, 1.165) is 19.2 Å². The van der Waals surface area contributed by atoms with Crippen LogP contribution in [-0.2, 0) is 0 Å². The van der Waals surface area contributed by atoms with Gasteiger partial charge < -0.3 is 4.74 Å². The SMILES string of the molecule is CC=CCOc1c(Br)cc(Br)cc1Br. The fraction of sp³-hybridized carbons (Fsp3) is 0.200. The molecule has 0 aromatic heterocycles. The standard InChI is InChI=1S/C10H9Br3O/c1-2-3-4-14-10-8(12)5-7(11)6-9(10)13/h2-3,5-6H,4H2,1H3. The van der Waals surface area contributed by atoms with Crippen molar-refractivity contribution in [1.29, 1.82) is 0 Å². The average molecular weight is 385 g/mol. The van der Waals surface area contributed by atoms with E-state index in [-0.39, 0.29) is 0 Å². The molecular weight excluding hydrogens is 376 g/mol. The first-order valence-electron chi connectivity index (χ1n) is 4.03. The van der Waals surface area contributed by atoms with Crippen molar-refractivity contribution in [2.45, 2.75) is 6.92 Å². The van der Waals surface area contributed by atoms with Gasteiger partial charge in [-0.1, -0.05) is 28.1 Å². The van der Waals surface area contributed by atoms with E-state index in [9.17, 15) is 0 Å². The van der Waals surface area contributed by atoms with Crippen LogP contribution in [0.4, 0.5) is 0 Å². The number of hydrogen-bond donors (Lipinski definition) is 0. The molecule has 0 N–H and O–H groups in total. The quantitative estimate of drug-likeness (QED) is 0.671. The lowest BCUT2D eigenvalue weighted by molar-refractivity contribution is 0.358. The van der Waals surface area contributed by atoms with Crippen LogP contribution in [0.5, 0.6) is 5.75 Å². The van der Waals surface area contributed by atoms with Crippen molar-refractivity contribution in [1.82, 2.24) is 0 Å². The molecule has 0 spiro atoms. The summed E-state index contributed by atoms with van der Waals surface area (Å²) < 4.78 is 8.44. The van der Waals surface area contributed by atoms with Crippen LogP contribution in [0, 0.1) is 0 Å². The van der Waals surface area contributed by atoms with Crippen LogP contribution in [0.25, 0.3) is 0 Å². The van der Waals surface area contributed by atoms with E-state index in [1.165, 1.54) is 0 Å². The Hall–Kier alpha value is 0.200. The van der Waals surface area contributed by atoms with Gasteiger partial charge in [-0.05, 0) is 50.9 Å². The molecule has 0 saturated carbocycles. The number of hydrogen-bond acceptors (Lipinski definition) is 1. The Balaban J connectivity index is 2.85. The fourth-order valence-corrected chi connectivity index (χ4v) is 3.38. The third kappa shape index (κ3) is 3.41. The number of ether oxygens (including phenoxy) is 1. The van der Waals surface area contributed by atoms with Crippen LogP contribution in [0.3, 0.4) is 0 Å². The van der Waals surface area contributed by atoms with Gasteiger partial charge in [0, 0.05) is 4.47 Å². The second kappa shape index (κ2) is 5.93. The summed E-state index contributed by atoms with van der Waals surface area (Å²) in [4.78, 5) is 0. The van der Waals surface area contributed by atoms with Crippen molar-refractivity contribution in [3.8, 4) is 5.75 Å². The van der Waals surface area contributed by atoms with Gasteiger partial charge in [-0.2, -0.15) is 0 Å². The van der Waals surface area contributed by atoms with E-state index in [4.69, 9.17) is 4.74 Å². The maximum absolute atomic E-state index is 5.56. The molecule has 0 amide bonds. The van der Waals surface area contributed by atoms with Crippen molar-refractivity contribution < 1.29 is 4.74 Å². The number of allylic oxidation sites excluding steroid dienone is 1. The van der Waals surface area contributed by atoms with Gasteiger partial charge >= 0.3 is 0 Å². The summed E-state index contributed by atoms with van der Waals surface area (Å²) in [5, 5.41) is 0. The number of rotatable bonds is 3. The van der Waals surface area contributed by atoms with Crippen LogP contribution in [0.2, 0.25) is 0 Å². The summed E-state index contributed by atoms with van der Waals surface area (Å²) in [6.07, 6.45) is 3.92. The lowest BCUT2D eigenvalue weighted by Gasteiger charge is -2.08. The van der Waals surface area contributed by atoms with Crippen LogP contribution in [-0.4, -0.2) is 6.61 Å². The normalized spacial score (nSPS) is 10.9. The van der Waals surface area contributed by atoms with Gasteiger partial charge in [0.15, 0.2) is 0 Å². The zero-order chi connectivity index (χ0) is 10.6. The Morgan fingerprint density at radius 2 is 1.79 bits per heavy atom. The molecule has 0 fully saturated rings. The van der Waals surface area contributed by atoms with Crippen molar-refractivity contribution in [2.75, 3.05) is 6.61 Å².